The minimum atomic E-state index is -3.84. The van der Waals surface area contributed by atoms with Gasteiger partial charge in [0.1, 0.15) is 0 Å². The summed E-state index contributed by atoms with van der Waals surface area (Å²) in [6.45, 7) is 1.87. The van der Waals surface area contributed by atoms with Crippen molar-refractivity contribution in [1.82, 2.24) is 10.0 Å². The quantitative estimate of drug-likeness (QED) is 0.904. The fraction of sp³-hybridized carbons (Fsp3) is 0.235. The van der Waals surface area contributed by atoms with Crippen molar-refractivity contribution in [3.8, 4) is 0 Å². The van der Waals surface area contributed by atoms with Crippen LogP contribution in [0.3, 0.4) is 0 Å². The number of benzene rings is 2. The van der Waals surface area contributed by atoms with Crippen LogP contribution in [-0.2, 0) is 10.0 Å². The van der Waals surface area contributed by atoms with Gasteiger partial charge in [-0.25, -0.2) is 17.9 Å². The summed E-state index contributed by atoms with van der Waals surface area (Å²) >= 11 is 0. The van der Waals surface area contributed by atoms with Crippen molar-refractivity contribution in [2.75, 3.05) is 0 Å². The average Bonchev–Trinajstić information content (AvgIpc) is 3.27. The predicted molar refractivity (Wildman–Crippen MR) is 87.6 cm³/mol. The number of rotatable bonds is 4. The van der Waals surface area contributed by atoms with Gasteiger partial charge in [-0.1, -0.05) is 48.0 Å². The highest BCUT2D eigenvalue weighted by molar-refractivity contribution is 7.90. The second kappa shape index (κ2) is 6.04. The molecule has 2 aromatic carbocycles. The first kappa shape index (κ1) is 15.6. The van der Waals surface area contributed by atoms with Crippen molar-refractivity contribution < 1.29 is 13.2 Å². The molecule has 1 saturated carbocycles. The normalized spacial score (nSPS) is 19.9. The zero-order chi connectivity index (χ0) is 16.4. The van der Waals surface area contributed by atoms with Crippen LogP contribution in [0.25, 0.3) is 0 Å². The number of urea groups is 1. The van der Waals surface area contributed by atoms with Crippen molar-refractivity contribution in [1.29, 1.82) is 0 Å². The Hall–Kier alpha value is -2.34. The van der Waals surface area contributed by atoms with Gasteiger partial charge >= 0.3 is 6.03 Å². The summed E-state index contributed by atoms with van der Waals surface area (Å²) < 4.78 is 26.3. The summed E-state index contributed by atoms with van der Waals surface area (Å²) in [7, 11) is -3.84. The molecule has 1 aliphatic carbocycles. The van der Waals surface area contributed by atoms with Crippen molar-refractivity contribution in [2.24, 2.45) is 0 Å². The van der Waals surface area contributed by atoms with Gasteiger partial charge in [-0.05, 0) is 31.0 Å². The molecule has 2 N–H and O–H groups in total. The maximum atomic E-state index is 12.1. The number of carbonyl (C=O) groups excluding carboxylic acids is 1. The number of nitrogens with one attached hydrogen (secondary N) is 2. The Kier molecular flexibility index (Phi) is 4.09. The van der Waals surface area contributed by atoms with Crippen molar-refractivity contribution in [3.63, 3.8) is 0 Å². The molecule has 23 heavy (non-hydrogen) atoms. The maximum Gasteiger partial charge on any atom is 0.328 e. The van der Waals surface area contributed by atoms with Crippen LogP contribution in [0, 0.1) is 6.92 Å². The lowest BCUT2D eigenvalue weighted by molar-refractivity contribution is 0.245. The molecule has 5 nitrogen and oxygen atoms in total. The number of hydrogen-bond acceptors (Lipinski definition) is 3. The number of sulfonamides is 1. The average molecular weight is 330 g/mol. The third-order valence-corrected chi connectivity index (χ3v) is 5.24. The molecule has 120 valence electrons. The Morgan fingerprint density at radius 3 is 2.35 bits per heavy atom. The van der Waals surface area contributed by atoms with Crippen molar-refractivity contribution in [2.45, 2.75) is 30.2 Å². The van der Waals surface area contributed by atoms with Crippen LogP contribution in [0.4, 0.5) is 4.79 Å². The van der Waals surface area contributed by atoms with E-state index in [-0.39, 0.29) is 16.9 Å². The molecule has 0 radical (unpaired) electrons. The van der Waals surface area contributed by atoms with Gasteiger partial charge in [-0.3, -0.25) is 0 Å². The van der Waals surface area contributed by atoms with E-state index in [2.05, 4.69) is 10.0 Å². The minimum absolute atomic E-state index is 0.0226. The molecule has 0 aliphatic heterocycles. The summed E-state index contributed by atoms with van der Waals surface area (Å²) in [5.41, 5.74) is 2.11. The summed E-state index contributed by atoms with van der Waals surface area (Å²) in [6, 6.07) is 15.5. The SMILES string of the molecule is Cc1ccc(S(=O)(=O)NC(=O)N[C@H]2C[C@H]2c2ccccc2)cc1. The standard InChI is InChI=1S/C17H18N2O3S/c1-12-7-9-14(10-8-12)23(21,22)19-17(20)18-16-11-15(16)13-5-3-2-4-6-13/h2-10,15-16H,11H2,1H3,(H2,18,19,20)/t15-,16-/m0/s1. The van der Waals surface area contributed by atoms with Gasteiger partial charge in [0.05, 0.1) is 4.90 Å². The fourth-order valence-electron chi connectivity index (χ4n) is 2.52. The van der Waals surface area contributed by atoms with Crippen LogP contribution in [0.1, 0.15) is 23.5 Å². The lowest BCUT2D eigenvalue weighted by Gasteiger charge is -2.09. The van der Waals surface area contributed by atoms with Crippen molar-refractivity contribution >= 4 is 16.1 Å². The summed E-state index contributed by atoms with van der Waals surface area (Å²) in [5.74, 6) is 0.254. The molecule has 2 amide bonds. The van der Waals surface area contributed by atoms with E-state index >= 15 is 0 Å². The molecule has 1 fully saturated rings. The van der Waals surface area contributed by atoms with Crippen LogP contribution in [0.2, 0.25) is 0 Å². The van der Waals surface area contributed by atoms with E-state index in [1.807, 2.05) is 37.3 Å². The monoisotopic (exact) mass is 330 g/mol. The van der Waals surface area contributed by atoms with E-state index < -0.39 is 16.1 Å². The van der Waals surface area contributed by atoms with E-state index in [9.17, 15) is 13.2 Å². The van der Waals surface area contributed by atoms with E-state index in [4.69, 9.17) is 0 Å². The number of aryl methyl sites for hydroxylation is 1. The van der Waals surface area contributed by atoms with Crippen LogP contribution in [0.15, 0.2) is 59.5 Å². The third kappa shape index (κ3) is 3.71. The van der Waals surface area contributed by atoms with Gasteiger partial charge in [0, 0.05) is 12.0 Å². The van der Waals surface area contributed by atoms with Gasteiger partial charge in [-0.15, -0.1) is 0 Å². The van der Waals surface area contributed by atoms with E-state index in [1.54, 1.807) is 12.1 Å². The largest absolute Gasteiger partial charge is 0.334 e. The zero-order valence-corrected chi connectivity index (χ0v) is 13.5. The summed E-state index contributed by atoms with van der Waals surface area (Å²) in [4.78, 5) is 12.0. The number of hydrogen-bond donors (Lipinski definition) is 2. The maximum absolute atomic E-state index is 12.1. The first-order chi connectivity index (χ1) is 11.0. The molecule has 0 aromatic heterocycles. The molecule has 2 aromatic rings. The van der Waals surface area contributed by atoms with E-state index in [1.165, 1.54) is 12.1 Å². The Morgan fingerprint density at radius 2 is 1.70 bits per heavy atom. The first-order valence-electron chi connectivity index (χ1n) is 7.40. The second-order valence-electron chi connectivity index (χ2n) is 5.75. The van der Waals surface area contributed by atoms with Gasteiger partial charge in [0.25, 0.3) is 10.0 Å². The van der Waals surface area contributed by atoms with Gasteiger partial charge < -0.3 is 5.32 Å². The molecular weight excluding hydrogens is 312 g/mol. The molecule has 0 saturated heterocycles. The fourth-order valence-corrected chi connectivity index (χ4v) is 3.43. The van der Waals surface area contributed by atoms with Crippen LogP contribution >= 0.6 is 0 Å². The lowest BCUT2D eigenvalue weighted by Crippen LogP contribution is -2.40. The number of amides is 2. The third-order valence-electron chi connectivity index (χ3n) is 3.89. The van der Waals surface area contributed by atoms with E-state index in [0.29, 0.717) is 0 Å². The molecule has 2 atom stereocenters. The molecule has 3 rings (SSSR count). The minimum Gasteiger partial charge on any atom is -0.334 e. The van der Waals surface area contributed by atoms with Gasteiger partial charge in [0.2, 0.25) is 0 Å². The van der Waals surface area contributed by atoms with E-state index in [0.717, 1.165) is 17.5 Å². The predicted octanol–water partition coefficient (Wildman–Crippen LogP) is 2.54. The molecule has 0 heterocycles. The van der Waals surface area contributed by atoms with Crippen LogP contribution < -0.4 is 10.0 Å². The summed E-state index contributed by atoms with van der Waals surface area (Å²) in [6.07, 6.45) is 0.821. The van der Waals surface area contributed by atoms with Gasteiger partial charge in [-0.2, -0.15) is 0 Å². The Morgan fingerprint density at radius 1 is 1.04 bits per heavy atom. The molecule has 0 unspecified atom stereocenters. The molecule has 0 bridgehead atoms. The molecule has 6 heteroatoms. The lowest BCUT2D eigenvalue weighted by atomic mass is 10.1. The summed E-state index contributed by atoms with van der Waals surface area (Å²) in [5, 5.41) is 2.71. The van der Waals surface area contributed by atoms with Crippen LogP contribution in [-0.4, -0.2) is 20.5 Å². The zero-order valence-electron chi connectivity index (χ0n) is 12.7. The van der Waals surface area contributed by atoms with Gasteiger partial charge in [0.15, 0.2) is 0 Å². The molecule has 0 spiro atoms. The first-order valence-corrected chi connectivity index (χ1v) is 8.89. The Labute approximate surface area is 135 Å². The smallest absolute Gasteiger partial charge is 0.328 e. The Balaban J connectivity index is 1.59. The highest BCUT2D eigenvalue weighted by atomic mass is 32.2. The van der Waals surface area contributed by atoms with Crippen molar-refractivity contribution in [3.05, 3.63) is 65.7 Å². The highest BCUT2D eigenvalue weighted by Crippen LogP contribution is 2.40. The highest BCUT2D eigenvalue weighted by Gasteiger charge is 2.39. The molecular formula is C17H18N2O3S. The number of carbonyl (C=O) groups is 1. The van der Waals surface area contributed by atoms with Crippen LogP contribution in [0.5, 0.6) is 0 Å². The molecule has 1 aliphatic rings. The topological polar surface area (TPSA) is 75.3 Å². The second-order valence-corrected chi connectivity index (χ2v) is 7.43. The Bertz CT molecular complexity index is 801.